The summed E-state index contributed by atoms with van der Waals surface area (Å²) in [6.07, 6.45) is 1.87. The summed E-state index contributed by atoms with van der Waals surface area (Å²) in [5.74, 6) is -0.145. The van der Waals surface area contributed by atoms with Gasteiger partial charge in [0.15, 0.2) is 18.2 Å². The number of rotatable bonds is 4. The van der Waals surface area contributed by atoms with Crippen molar-refractivity contribution in [2.24, 2.45) is 17.1 Å². The zero-order valence-electron chi connectivity index (χ0n) is 14.5. The predicted molar refractivity (Wildman–Crippen MR) is 95.5 cm³/mol. The first-order valence-corrected chi connectivity index (χ1v) is 8.48. The quantitative estimate of drug-likeness (QED) is 0.879. The lowest BCUT2D eigenvalue weighted by Crippen LogP contribution is -2.40. The second-order valence-electron chi connectivity index (χ2n) is 6.90. The van der Waals surface area contributed by atoms with Crippen LogP contribution in [0, 0.1) is 24.1 Å². The largest absolute Gasteiger partial charge is 0.481 e. The van der Waals surface area contributed by atoms with Crippen LogP contribution in [0.15, 0.2) is 18.2 Å². The molecule has 0 saturated carbocycles. The molecule has 0 aliphatic carbocycles. The van der Waals surface area contributed by atoms with Gasteiger partial charge in [-0.25, -0.2) is 4.39 Å². The summed E-state index contributed by atoms with van der Waals surface area (Å²) in [6.45, 7) is 5.06. The number of nitrogens with two attached hydrogens (primary N) is 1. The zero-order valence-corrected chi connectivity index (χ0v) is 15.3. The van der Waals surface area contributed by atoms with Gasteiger partial charge < -0.3 is 20.1 Å². The standard InChI is InChI=1S/C18H25FN2O3.ClH/c1-13-2-3-15(19)16(8-13)24-11-17(22)21-10-14(9-20)18(12-21)4-6-23-7-5-18;/h2-3,8,14H,4-7,9-12,20H2,1H3;1H. The van der Waals surface area contributed by atoms with Gasteiger partial charge in [0.05, 0.1) is 0 Å². The van der Waals surface area contributed by atoms with Gasteiger partial charge in [-0.3, -0.25) is 4.79 Å². The summed E-state index contributed by atoms with van der Waals surface area (Å²) in [5, 5.41) is 0. The van der Waals surface area contributed by atoms with Crippen molar-refractivity contribution in [1.82, 2.24) is 4.90 Å². The Morgan fingerprint density at radius 1 is 1.44 bits per heavy atom. The summed E-state index contributed by atoms with van der Waals surface area (Å²) in [7, 11) is 0. The molecule has 2 N–H and O–H groups in total. The first-order chi connectivity index (χ1) is 11.5. The number of amides is 1. The van der Waals surface area contributed by atoms with E-state index in [9.17, 15) is 9.18 Å². The molecule has 25 heavy (non-hydrogen) atoms. The molecule has 5 nitrogen and oxygen atoms in total. The molecule has 2 fully saturated rings. The number of carbonyl (C=O) groups is 1. The third kappa shape index (κ3) is 4.25. The molecule has 3 rings (SSSR count). The Bertz CT molecular complexity index is 608. The topological polar surface area (TPSA) is 64.8 Å². The van der Waals surface area contributed by atoms with E-state index in [4.69, 9.17) is 15.2 Å². The maximum absolute atomic E-state index is 13.7. The van der Waals surface area contributed by atoms with Crippen LogP contribution in [-0.2, 0) is 9.53 Å². The number of hydrogen-bond acceptors (Lipinski definition) is 4. The molecule has 1 aromatic rings. The average molecular weight is 373 g/mol. The highest BCUT2D eigenvalue weighted by Gasteiger charge is 2.47. The Kier molecular flexibility index (Phi) is 6.65. The molecule has 0 aromatic heterocycles. The number of likely N-dealkylation sites (tertiary alicyclic amines) is 1. The third-order valence-electron chi connectivity index (χ3n) is 5.38. The van der Waals surface area contributed by atoms with Crippen molar-refractivity contribution in [3.63, 3.8) is 0 Å². The summed E-state index contributed by atoms with van der Waals surface area (Å²) in [4.78, 5) is 14.3. The van der Waals surface area contributed by atoms with E-state index >= 15 is 0 Å². The average Bonchev–Trinajstić information content (AvgIpc) is 2.94. The lowest BCUT2D eigenvalue weighted by Gasteiger charge is -2.37. The molecule has 1 spiro atoms. The molecule has 1 atom stereocenters. The highest BCUT2D eigenvalue weighted by molar-refractivity contribution is 5.85. The monoisotopic (exact) mass is 372 g/mol. The molecule has 2 saturated heterocycles. The van der Waals surface area contributed by atoms with Crippen molar-refractivity contribution in [3.8, 4) is 5.75 Å². The van der Waals surface area contributed by atoms with Gasteiger partial charge in [-0.15, -0.1) is 12.4 Å². The Morgan fingerprint density at radius 3 is 2.84 bits per heavy atom. The zero-order chi connectivity index (χ0) is 17.2. The van der Waals surface area contributed by atoms with Crippen LogP contribution in [0.2, 0.25) is 0 Å². The molecule has 1 unspecified atom stereocenters. The second kappa shape index (κ2) is 8.34. The maximum atomic E-state index is 13.7. The van der Waals surface area contributed by atoms with Crippen LogP contribution in [0.3, 0.4) is 0 Å². The molecule has 1 aromatic carbocycles. The summed E-state index contributed by atoms with van der Waals surface area (Å²) < 4.78 is 24.6. The minimum atomic E-state index is -0.449. The molecule has 140 valence electrons. The smallest absolute Gasteiger partial charge is 0.260 e. The highest BCUT2D eigenvalue weighted by atomic mass is 35.5. The molecule has 0 bridgehead atoms. The van der Waals surface area contributed by atoms with Crippen molar-refractivity contribution >= 4 is 18.3 Å². The van der Waals surface area contributed by atoms with E-state index in [-0.39, 0.29) is 36.1 Å². The van der Waals surface area contributed by atoms with E-state index in [2.05, 4.69) is 0 Å². The summed E-state index contributed by atoms with van der Waals surface area (Å²) >= 11 is 0. The maximum Gasteiger partial charge on any atom is 0.260 e. The lowest BCUT2D eigenvalue weighted by atomic mass is 9.72. The Hall–Kier alpha value is -1.37. The van der Waals surface area contributed by atoms with Crippen LogP contribution < -0.4 is 10.5 Å². The number of carbonyl (C=O) groups excluding carboxylic acids is 1. The minimum absolute atomic E-state index is 0. The van der Waals surface area contributed by atoms with E-state index < -0.39 is 5.82 Å². The Morgan fingerprint density at radius 2 is 2.16 bits per heavy atom. The van der Waals surface area contributed by atoms with Crippen LogP contribution >= 0.6 is 12.4 Å². The first-order valence-electron chi connectivity index (χ1n) is 8.48. The first kappa shape index (κ1) is 19.9. The van der Waals surface area contributed by atoms with Gasteiger partial charge in [-0.1, -0.05) is 6.07 Å². The number of aryl methyl sites for hydroxylation is 1. The third-order valence-corrected chi connectivity index (χ3v) is 5.38. The minimum Gasteiger partial charge on any atom is -0.481 e. The van der Waals surface area contributed by atoms with Gasteiger partial charge in [0.25, 0.3) is 5.91 Å². The van der Waals surface area contributed by atoms with Crippen LogP contribution in [-0.4, -0.2) is 50.3 Å². The SMILES string of the molecule is Cc1ccc(F)c(OCC(=O)N2CC(CN)C3(CCOCC3)C2)c1.Cl. The molecule has 1 amide bonds. The van der Waals surface area contributed by atoms with Crippen molar-refractivity contribution in [2.75, 3.05) is 39.5 Å². The van der Waals surface area contributed by atoms with Crippen LogP contribution in [0.25, 0.3) is 0 Å². The van der Waals surface area contributed by atoms with E-state index in [0.717, 1.165) is 31.6 Å². The Balaban J connectivity index is 0.00000225. The number of nitrogens with zero attached hydrogens (tertiary/aromatic N) is 1. The molecule has 7 heteroatoms. The van der Waals surface area contributed by atoms with Gasteiger partial charge in [-0.2, -0.15) is 0 Å². The van der Waals surface area contributed by atoms with Crippen molar-refractivity contribution in [1.29, 1.82) is 0 Å². The molecule has 2 aliphatic rings. The van der Waals surface area contributed by atoms with E-state index in [0.29, 0.717) is 25.6 Å². The van der Waals surface area contributed by atoms with E-state index in [1.165, 1.54) is 6.07 Å². The molecular weight excluding hydrogens is 347 g/mol. The highest BCUT2D eigenvalue weighted by Crippen LogP contribution is 2.43. The fourth-order valence-electron chi connectivity index (χ4n) is 3.84. The lowest BCUT2D eigenvalue weighted by molar-refractivity contribution is -0.133. The Labute approximate surface area is 154 Å². The predicted octanol–water partition coefficient (Wildman–Crippen LogP) is 2.15. The number of hydrogen-bond donors (Lipinski definition) is 1. The molecule has 2 aliphatic heterocycles. The van der Waals surface area contributed by atoms with Crippen molar-refractivity contribution < 1.29 is 18.7 Å². The summed E-state index contributed by atoms with van der Waals surface area (Å²) in [5.41, 5.74) is 6.90. The fourth-order valence-corrected chi connectivity index (χ4v) is 3.84. The van der Waals surface area contributed by atoms with Gasteiger partial charge in [0.1, 0.15) is 0 Å². The number of halogens is 2. The van der Waals surface area contributed by atoms with Crippen molar-refractivity contribution in [3.05, 3.63) is 29.6 Å². The second-order valence-corrected chi connectivity index (χ2v) is 6.90. The van der Waals surface area contributed by atoms with E-state index in [1.54, 1.807) is 12.1 Å². The van der Waals surface area contributed by atoms with Crippen LogP contribution in [0.4, 0.5) is 4.39 Å². The van der Waals surface area contributed by atoms with Crippen LogP contribution in [0.5, 0.6) is 5.75 Å². The van der Waals surface area contributed by atoms with E-state index in [1.807, 2.05) is 11.8 Å². The van der Waals surface area contributed by atoms with Gasteiger partial charge in [0, 0.05) is 26.3 Å². The summed E-state index contributed by atoms with van der Waals surface area (Å²) in [6, 6.07) is 4.63. The molecular formula is C18H26ClFN2O3. The molecule has 2 heterocycles. The van der Waals surface area contributed by atoms with Crippen LogP contribution in [0.1, 0.15) is 18.4 Å². The van der Waals surface area contributed by atoms with Gasteiger partial charge >= 0.3 is 0 Å². The normalized spacial score (nSPS) is 21.9. The fraction of sp³-hybridized carbons (Fsp3) is 0.611. The molecule has 0 radical (unpaired) electrons. The number of ether oxygens (including phenoxy) is 2. The van der Waals surface area contributed by atoms with Gasteiger partial charge in [-0.05, 0) is 55.3 Å². The van der Waals surface area contributed by atoms with Crippen molar-refractivity contribution in [2.45, 2.75) is 19.8 Å². The number of benzene rings is 1. The van der Waals surface area contributed by atoms with Gasteiger partial charge in [0.2, 0.25) is 0 Å².